The van der Waals surface area contributed by atoms with Gasteiger partial charge in [-0.2, -0.15) is 0 Å². The van der Waals surface area contributed by atoms with Crippen molar-refractivity contribution in [1.82, 2.24) is 5.32 Å². The molecule has 1 aliphatic carbocycles. The van der Waals surface area contributed by atoms with Crippen LogP contribution in [0.25, 0.3) is 0 Å². The summed E-state index contributed by atoms with van der Waals surface area (Å²) in [6.07, 6.45) is 1.26. The zero-order valence-electron chi connectivity index (χ0n) is 11.8. The van der Waals surface area contributed by atoms with Crippen molar-refractivity contribution in [1.29, 1.82) is 0 Å². The first-order valence-corrected chi connectivity index (χ1v) is 6.99. The van der Waals surface area contributed by atoms with Crippen LogP contribution in [-0.4, -0.2) is 31.3 Å². The van der Waals surface area contributed by atoms with E-state index in [0.717, 1.165) is 18.4 Å². The second kappa shape index (κ2) is 7.75. The van der Waals surface area contributed by atoms with Gasteiger partial charge in [0, 0.05) is 0 Å². The smallest absolute Gasteiger partial charge is 0.335 e. The lowest BCUT2D eigenvalue weighted by Crippen LogP contribution is -2.37. The number of benzene rings is 1. The minimum absolute atomic E-state index is 0.0301. The Kier molecular flexibility index (Phi) is 5.71. The van der Waals surface area contributed by atoms with E-state index in [2.05, 4.69) is 5.32 Å². The van der Waals surface area contributed by atoms with Gasteiger partial charge >= 0.3 is 5.97 Å². The van der Waals surface area contributed by atoms with E-state index in [9.17, 15) is 9.59 Å². The van der Waals surface area contributed by atoms with E-state index in [1.54, 1.807) is 0 Å². The molecule has 1 amide bonds. The average Bonchev–Trinajstić information content (AvgIpc) is 3.34. The Morgan fingerprint density at radius 1 is 1.29 bits per heavy atom. The Morgan fingerprint density at radius 3 is 2.62 bits per heavy atom. The average molecular weight is 292 g/mol. The van der Waals surface area contributed by atoms with Crippen LogP contribution in [0.15, 0.2) is 30.3 Å². The molecule has 0 spiro atoms. The summed E-state index contributed by atoms with van der Waals surface area (Å²) in [5.41, 5.74) is 6.10. The first-order chi connectivity index (χ1) is 10.2. The number of nitrogens with two attached hydrogens (primary N) is 1. The summed E-state index contributed by atoms with van der Waals surface area (Å²) in [5.74, 6) is -0.520. The SMILES string of the molecule is NCC(=O)NCOC(C(=O)OCc1ccccc1)C1CC1. The van der Waals surface area contributed by atoms with Gasteiger partial charge in [-0.25, -0.2) is 4.79 Å². The minimum atomic E-state index is -0.619. The number of carbonyl (C=O) groups is 2. The third-order valence-electron chi connectivity index (χ3n) is 3.22. The topological polar surface area (TPSA) is 90.7 Å². The molecule has 1 aromatic carbocycles. The first-order valence-electron chi connectivity index (χ1n) is 6.99. The van der Waals surface area contributed by atoms with Crippen LogP contribution in [-0.2, 0) is 25.7 Å². The number of esters is 1. The molecule has 114 valence electrons. The van der Waals surface area contributed by atoms with E-state index >= 15 is 0 Å². The van der Waals surface area contributed by atoms with Crippen LogP contribution in [0.2, 0.25) is 0 Å². The maximum atomic E-state index is 12.1. The highest BCUT2D eigenvalue weighted by atomic mass is 16.6. The van der Waals surface area contributed by atoms with Crippen LogP contribution in [0.1, 0.15) is 18.4 Å². The van der Waals surface area contributed by atoms with Gasteiger partial charge in [0.15, 0.2) is 6.10 Å². The van der Waals surface area contributed by atoms with Crippen molar-refractivity contribution in [3.05, 3.63) is 35.9 Å². The molecule has 6 heteroatoms. The summed E-state index contributed by atoms with van der Waals surface area (Å²) < 4.78 is 10.7. The third-order valence-corrected chi connectivity index (χ3v) is 3.22. The number of ether oxygens (including phenoxy) is 2. The standard InChI is InChI=1S/C15H20N2O4/c16-8-13(18)17-10-21-14(12-6-7-12)15(19)20-9-11-4-2-1-3-5-11/h1-5,12,14H,6-10,16H2,(H,17,18). The molecule has 1 aliphatic rings. The van der Waals surface area contributed by atoms with Crippen LogP contribution in [0.5, 0.6) is 0 Å². The molecule has 6 nitrogen and oxygen atoms in total. The van der Waals surface area contributed by atoms with Gasteiger partial charge in [-0.3, -0.25) is 4.79 Å². The second-order valence-electron chi connectivity index (χ2n) is 4.97. The first kappa shape index (κ1) is 15.5. The Hall–Kier alpha value is -1.92. The fourth-order valence-corrected chi connectivity index (χ4v) is 1.89. The maximum absolute atomic E-state index is 12.1. The lowest BCUT2D eigenvalue weighted by atomic mass is 10.2. The zero-order chi connectivity index (χ0) is 15.1. The van der Waals surface area contributed by atoms with Crippen LogP contribution < -0.4 is 11.1 Å². The van der Waals surface area contributed by atoms with E-state index in [-0.39, 0.29) is 37.7 Å². The van der Waals surface area contributed by atoms with Crippen molar-refractivity contribution in [2.75, 3.05) is 13.3 Å². The summed E-state index contributed by atoms with van der Waals surface area (Å²) >= 11 is 0. The second-order valence-corrected chi connectivity index (χ2v) is 4.97. The van der Waals surface area contributed by atoms with Crippen LogP contribution in [0.3, 0.4) is 0 Å². The fraction of sp³-hybridized carbons (Fsp3) is 0.467. The number of carbonyl (C=O) groups excluding carboxylic acids is 2. The van der Waals surface area contributed by atoms with Gasteiger partial charge in [0.05, 0.1) is 6.54 Å². The predicted octanol–water partition coefficient (Wildman–Crippen LogP) is 0.557. The molecular formula is C15H20N2O4. The summed E-state index contributed by atoms with van der Waals surface area (Å²) in [4.78, 5) is 23.1. The lowest BCUT2D eigenvalue weighted by molar-refractivity contribution is -0.161. The minimum Gasteiger partial charge on any atom is -0.459 e. The summed E-state index contributed by atoms with van der Waals surface area (Å²) in [5, 5.41) is 2.48. The highest BCUT2D eigenvalue weighted by Gasteiger charge is 2.38. The molecule has 21 heavy (non-hydrogen) atoms. The Morgan fingerprint density at radius 2 is 2.00 bits per heavy atom. The van der Waals surface area contributed by atoms with Crippen molar-refractivity contribution >= 4 is 11.9 Å². The molecule has 1 saturated carbocycles. The van der Waals surface area contributed by atoms with E-state index in [1.807, 2.05) is 30.3 Å². The Bertz CT molecular complexity index is 474. The van der Waals surface area contributed by atoms with Gasteiger partial charge < -0.3 is 20.5 Å². The van der Waals surface area contributed by atoms with E-state index in [0.29, 0.717) is 0 Å². The largest absolute Gasteiger partial charge is 0.459 e. The molecule has 0 aromatic heterocycles. The zero-order valence-corrected chi connectivity index (χ0v) is 11.8. The molecule has 0 saturated heterocycles. The highest BCUT2D eigenvalue weighted by molar-refractivity contribution is 5.78. The molecule has 2 rings (SSSR count). The van der Waals surface area contributed by atoms with Crippen molar-refractivity contribution in [2.24, 2.45) is 11.7 Å². The summed E-state index contributed by atoms with van der Waals surface area (Å²) in [6, 6.07) is 9.46. The highest BCUT2D eigenvalue weighted by Crippen LogP contribution is 2.34. The van der Waals surface area contributed by atoms with Crippen molar-refractivity contribution in [3.63, 3.8) is 0 Å². The molecule has 0 heterocycles. The predicted molar refractivity (Wildman–Crippen MR) is 75.9 cm³/mol. The number of amides is 1. The van der Waals surface area contributed by atoms with Crippen LogP contribution >= 0.6 is 0 Å². The normalized spacial score (nSPS) is 15.3. The maximum Gasteiger partial charge on any atom is 0.335 e. The van der Waals surface area contributed by atoms with Gasteiger partial charge in [0.1, 0.15) is 13.3 Å². The number of nitrogens with one attached hydrogen (secondary N) is 1. The Balaban J connectivity index is 1.77. The van der Waals surface area contributed by atoms with Gasteiger partial charge in [-0.15, -0.1) is 0 Å². The van der Waals surface area contributed by atoms with Gasteiger partial charge in [0.2, 0.25) is 5.91 Å². The van der Waals surface area contributed by atoms with Crippen LogP contribution in [0, 0.1) is 5.92 Å². The Labute approximate surface area is 123 Å². The van der Waals surface area contributed by atoms with Crippen LogP contribution in [0.4, 0.5) is 0 Å². The molecule has 3 N–H and O–H groups in total. The third kappa shape index (κ3) is 5.17. The van der Waals surface area contributed by atoms with Crippen molar-refractivity contribution in [2.45, 2.75) is 25.6 Å². The molecule has 0 bridgehead atoms. The molecule has 1 aromatic rings. The summed E-state index contributed by atoms with van der Waals surface area (Å²) in [7, 11) is 0. The van der Waals surface area contributed by atoms with Gasteiger partial charge in [-0.1, -0.05) is 30.3 Å². The summed E-state index contributed by atoms with van der Waals surface area (Å²) in [6.45, 7) is 0.0922. The monoisotopic (exact) mass is 292 g/mol. The fourth-order valence-electron chi connectivity index (χ4n) is 1.89. The van der Waals surface area contributed by atoms with Crippen molar-refractivity contribution < 1.29 is 19.1 Å². The molecule has 1 atom stereocenters. The number of rotatable bonds is 8. The van der Waals surface area contributed by atoms with E-state index < -0.39 is 6.10 Å². The number of hydrogen-bond acceptors (Lipinski definition) is 5. The van der Waals surface area contributed by atoms with E-state index in [4.69, 9.17) is 15.2 Å². The molecule has 1 unspecified atom stereocenters. The molecule has 1 fully saturated rings. The van der Waals surface area contributed by atoms with Gasteiger partial charge in [0.25, 0.3) is 0 Å². The quantitative estimate of drug-likeness (QED) is 0.539. The number of hydrogen-bond donors (Lipinski definition) is 2. The lowest BCUT2D eigenvalue weighted by Gasteiger charge is -2.16. The van der Waals surface area contributed by atoms with Gasteiger partial charge in [-0.05, 0) is 24.3 Å². The van der Waals surface area contributed by atoms with E-state index in [1.165, 1.54) is 0 Å². The molecule has 0 radical (unpaired) electrons. The van der Waals surface area contributed by atoms with Crippen molar-refractivity contribution in [3.8, 4) is 0 Å². The molecule has 0 aliphatic heterocycles. The molecular weight excluding hydrogens is 272 g/mol.